The number of rotatable bonds is 5. The minimum absolute atomic E-state index is 0.0675. The summed E-state index contributed by atoms with van der Waals surface area (Å²) in [6.45, 7) is 1.35. The highest BCUT2D eigenvalue weighted by Gasteiger charge is 2.59. The first-order chi connectivity index (χ1) is 13.7. The highest BCUT2D eigenvalue weighted by atomic mass is 32.2. The van der Waals surface area contributed by atoms with Gasteiger partial charge in [-0.25, -0.2) is 13.4 Å². The van der Waals surface area contributed by atoms with Crippen molar-refractivity contribution in [2.45, 2.75) is 23.9 Å². The number of sulfone groups is 1. The number of nitriles is 1. The Balaban J connectivity index is 2.72. The van der Waals surface area contributed by atoms with E-state index in [0.29, 0.717) is 0 Å². The number of nitrogen functional groups attached to an aromatic ring is 1. The lowest BCUT2D eigenvalue weighted by molar-refractivity contribution is -0.264. The molecule has 0 saturated carbocycles. The van der Waals surface area contributed by atoms with E-state index in [1.54, 1.807) is 6.07 Å². The molecule has 0 fully saturated rings. The summed E-state index contributed by atoms with van der Waals surface area (Å²) < 4.78 is 90.2. The molecule has 2 rings (SSSR count). The number of hydrogen-bond acceptors (Lipinski definition) is 7. The monoisotopic (exact) mass is 450 g/mol. The molecule has 0 radical (unpaired) electrons. The first-order valence-electron chi connectivity index (χ1n) is 8.05. The molecule has 30 heavy (non-hydrogen) atoms. The minimum Gasteiger partial charge on any atom is -0.397 e. The maximum Gasteiger partial charge on any atom is 0.459 e. The molecule has 0 aromatic carbocycles. The molecule has 0 aliphatic rings. The molecule has 0 atom stereocenters. The highest BCUT2D eigenvalue weighted by Crippen LogP contribution is 2.40. The second kappa shape index (κ2) is 7.56. The molecule has 0 unspecified atom stereocenters. The Kier molecular flexibility index (Phi) is 5.81. The van der Waals surface area contributed by atoms with Gasteiger partial charge in [-0.3, -0.25) is 4.98 Å². The highest BCUT2D eigenvalue weighted by molar-refractivity contribution is 7.91. The zero-order chi connectivity index (χ0) is 23.1. The normalized spacial score (nSPS) is 13.3. The summed E-state index contributed by atoms with van der Waals surface area (Å²) in [7, 11) is -2.64. The van der Waals surface area contributed by atoms with Crippen molar-refractivity contribution in [3.63, 3.8) is 0 Å². The van der Waals surface area contributed by atoms with Crippen molar-refractivity contribution < 1.29 is 30.4 Å². The molecule has 0 amide bonds. The van der Waals surface area contributed by atoms with E-state index < -0.39 is 33.3 Å². The first-order valence-corrected chi connectivity index (χ1v) is 9.70. The molecule has 162 valence electrons. The zero-order valence-corrected chi connectivity index (χ0v) is 16.3. The summed E-state index contributed by atoms with van der Waals surface area (Å²) in [5, 5.41) is 9.00. The molecule has 2 aromatic rings. The van der Waals surface area contributed by atoms with Crippen LogP contribution in [-0.2, 0) is 16.9 Å². The summed E-state index contributed by atoms with van der Waals surface area (Å²) in [6.07, 6.45) is -4.63. The molecule has 0 spiro atoms. The number of imidazole rings is 1. The van der Waals surface area contributed by atoms with E-state index in [-0.39, 0.29) is 39.6 Å². The fourth-order valence-electron chi connectivity index (χ4n) is 2.32. The summed E-state index contributed by atoms with van der Waals surface area (Å²) in [6, 6.07) is 2.78. The van der Waals surface area contributed by atoms with Gasteiger partial charge in [0.2, 0.25) is 0 Å². The number of nitrogens with zero attached hydrogens (tertiary/aromatic N) is 4. The third-order valence-corrected chi connectivity index (χ3v) is 5.83. The predicted molar refractivity (Wildman–Crippen MR) is 96.5 cm³/mol. The Morgan fingerprint density at radius 2 is 1.93 bits per heavy atom. The van der Waals surface area contributed by atoms with Gasteiger partial charge in [-0.1, -0.05) is 6.92 Å². The Morgan fingerprint density at radius 1 is 1.33 bits per heavy atom. The Hall–Kier alpha value is -3.21. The second-order valence-corrected chi connectivity index (χ2v) is 8.27. The Labute approximate surface area is 167 Å². The summed E-state index contributed by atoms with van der Waals surface area (Å²) in [4.78, 5) is 7.37. The average Bonchev–Trinajstić information content (AvgIpc) is 2.94. The molecule has 0 saturated heterocycles. The van der Waals surface area contributed by atoms with Crippen LogP contribution in [0.15, 0.2) is 22.9 Å². The van der Waals surface area contributed by atoms with Gasteiger partial charge in [-0.15, -0.1) is 0 Å². The van der Waals surface area contributed by atoms with Crippen LogP contribution in [0.1, 0.15) is 18.2 Å². The lowest BCUT2D eigenvalue weighted by Gasteiger charge is -2.19. The van der Waals surface area contributed by atoms with Crippen LogP contribution in [-0.4, -0.2) is 40.8 Å². The summed E-state index contributed by atoms with van der Waals surface area (Å²) in [5.41, 5.74) is 7.95. The van der Waals surface area contributed by atoms with Gasteiger partial charge in [0.25, 0.3) is 0 Å². The SMILES string of the molecule is CCS(=O)(=O)c1cc(C#N)cnc1-c1nc(/C=C(\N)C(F)(F)C(F)(F)F)c(N)n1C. The van der Waals surface area contributed by atoms with Gasteiger partial charge >= 0.3 is 12.1 Å². The number of hydrogen-bond donors (Lipinski definition) is 2. The van der Waals surface area contributed by atoms with E-state index in [0.717, 1.165) is 16.8 Å². The number of aromatic nitrogens is 3. The molecule has 8 nitrogen and oxygen atoms in total. The summed E-state index contributed by atoms with van der Waals surface area (Å²) in [5.74, 6) is -6.29. The van der Waals surface area contributed by atoms with Crippen molar-refractivity contribution in [3.8, 4) is 17.6 Å². The van der Waals surface area contributed by atoms with E-state index in [1.807, 2.05) is 0 Å². The quantitative estimate of drug-likeness (QED) is 0.666. The molecule has 0 aliphatic heterocycles. The van der Waals surface area contributed by atoms with Crippen LogP contribution >= 0.6 is 0 Å². The number of halogens is 5. The molecule has 0 bridgehead atoms. The van der Waals surface area contributed by atoms with E-state index in [9.17, 15) is 30.4 Å². The van der Waals surface area contributed by atoms with Gasteiger partial charge in [-0.2, -0.15) is 27.2 Å². The van der Waals surface area contributed by atoms with Gasteiger partial charge in [0, 0.05) is 13.2 Å². The molecule has 0 aliphatic carbocycles. The van der Waals surface area contributed by atoms with Crippen LogP contribution < -0.4 is 11.5 Å². The van der Waals surface area contributed by atoms with Crippen molar-refractivity contribution in [2.75, 3.05) is 11.5 Å². The Bertz CT molecular complexity index is 1160. The third kappa shape index (κ3) is 3.92. The average molecular weight is 450 g/mol. The molecular weight excluding hydrogens is 435 g/mol. The van der Waals surface area contributed by atoms with Crippen LogP contribution in [0.2, 0.25) is 0 Å². The van der Waals surface area contributed by atoms with Gasteiger partial charge in [0.05, 0.1) is 21.9 Å². The smallest absolute Gasteiger partial charge is 0.397 e. The van der Waals surface area contributed by atoms with Gasteiger partial charge in [0.1, 0.15) is 23.3 Å². The second-order valence-electron chi connectivity index (χ2n) is 6.02. The molecule has 14 heteroatoms. The van der Waals surface area contributed by atoms with Crippen molar-refractivity contribution in [3.05, 3.63) is 29.2 Å². The van der Waals surface area contributed by atoms with E-state index >= 15 is 0 Å². The minimum atomic E-state index is -5.93. The van der Waals surface area contributed by atoms with Crippen molar-refractivity contribution in [1.82, 2.24) is 14.5 Å². The molecule has 2 heterocycles. The number of pyridine rings is 1. The van der Waals surface area contributed by atoms with Gasteiger partial charge < -0.3 is 16.0 Å². The molecular formula is C16H15F5N6O2S. The standard InChI is InChI=1S/C16H15F5N6O2S/c1-3-30(28,29)10-4-8(6-22)7-25-12(10)14-26-9(13(24)27(14)2)5-11(23)15(17,18)16(19,20)21/h4-5,7H,3,23-24H2,1-2H3/b11-5-. The van der Waals surface area contributed by atoms with Crippen LogP contribution in [0, 0.1) is 11.3 Å². The van der Waals surface area contributed by atoms with Crippen LogP contribution in [0.4, 0.5) is 27.8 Å². The van der Waals surface area contributed by atoms with Crippen LogP contribution in [0.25, 0.3) is 17.6 Å². The van der Waals surface area contributed by atoms with E-state index in [2.05, 4.69) is 9.97 Å². The maximum absolute atomic E-state index is 13.4. The fraction of sp³-hybridized carbons (Fsp3) is 0.312. The van der Waals surface area contributed by atoms with Crippen molar-refractivity contribution in [2.24, 2.45) is 12.8 Å². The van der Waals surface area contributed by atoms with Crippen molar-refractivity contribution >= 4 is 21.7 Å². The first kappa shape index (κ1) is 23.1. The van der Waals surface area contributed by atoms with Crippen LogP contribution in [0.5, 0.6) is 0 Å². The van der Waals surface area contributed by atoms with Gasteiger partial charge in [-0.05, 0) is 12.1 Å². The number of alkyl halides is 5. The van der Waals surface area contributed by atoms with Crippen LogP contribution in [0.3, 0.4) is 0 Å². The Morgan fingerprint density at radius 3 is 2.43 bits per heavy atom. The zero-order valence-electron chi connectivity index (χ0n) is 15.5. The van der Waals surface area contributed by atoms with Crippen molar-refractivity contribution in [1.29, 1.82) is 5.26 Å². The lowest BCUT2D eigenvalue weighted by Crippen LogP contribution is -2.41. The largest absolute Gasteiger partial charge is 0.459 e. The van der Waals surface area contributed by atoms with Gasteiger partial charge in [0.15, 0.2) is 15.7 Å². The van der Waals surface area contributed by atoms with E-state index in [1.165, 1.54) is 14.0 Å². The fourth-order valence-corrected chi connectivity index (χ4v) is 3.37. The molecule has 2 aromatic heterocycles. The number of nitrogens with two attached hydrogens (primary N) is 2. The molecule has 4 N–H and O–H groups in total. The number of anilines is 1. The van der Waals surface area contributed by atoms with E-state index in [4.69, 9.17) is 16.7 Å². The number of allylic oxidation sites excluding steroid dienone is 1. The summed E-state index contributed by atoms with van der Waals surface area (Å²) >= 11 is 0. The third-order valence-electron chi connectivity index (χ3n) is 4.09. The maximum atomic E-state index is 13.4. The predicted octanol–water partition coefficient (Wildman–Crippen LogP) is 2.23. The topological polar surface area (TPSA) is 141 Å². The lowest BCUT2D eigenvalue weighted by atomic mass is 10.2.